The number of nitrogens with two attached hydrogens (primary N) is 1. The molecule has 0 radical (unpaired) electrons. The van der Waals surface area contributed by atoms with E-state index >= 15 is 0 Å². The summed E-state index contributed by atoms with van der Waals surface area (Å²) in [4.78, 5) is 4.43. The quantitative estimate of drug-likeness (QED) is 0.805. The summed E-state index contributed by atoms with van der Waals surface area (Å²) in [5.41, 5.74) is 7.97. The van der Waals surface area contributed by atoms with Crippen molar-refractivity contribution in [3.05, 3.63) is 23.2 Å². The van der Waals surface area contributed by atoms with Gasteiger partial charge in [0.05, 0.1) is 18.0 Å². The first-order valence-electron chi connectivity index (χ1n) is 4.68. The molecule has 0 fully saturated rings. The maximum atomic E-state index is 5.96. The van der Waals surface area contributed by atoms with E-state index in [0.717, 1.165) is 18.2 Å². The van der Waals surface area contributed by atoms with Crippen LogP contribution in [0.15, 0.2) is 18.2 Å². The first-order valence-corrected chi connectivity index (χ1v) is 5.06. The Kier molecular flexibility index (Phi) is 2.52. The van der Waals surface area contributed by atoms with Crippen LogP contribution in [0.4, 0.5) is 11.4 Å². The third-order valence-electron chi connectivity index (χ3n) is 2.47. The lowest BCUT2D eigenvalue weighted by Gasteiger charge is -2.17. The zero-order valence-corrected chi connectivity index (χ0v) is 8.96. The van der Waals surface area contributed by atoms with E-state index in [2.05, 4.69) is 16.8 Å². The van der Waals surface area contributed by atoms with Crippen molar-refractivity contribution in [2.24, 2.45) is 5.73 Å². The number of halogens is 1. The van der Waals surface area contributed by atoms with Gasteiger partial charge in [0, 0.05) is 25.2 Å². The van der Waals surface area contributed by atoms with Crippen LogP contribution in [0.25, 0.3) is 0 Å². The van der Waals surface area contributed by atoms with E-state index in [0.29, 0.717) is 6.54 Å². The molecule has 0 spiro atoms. The van der Waals surface area contributed by atoms with Crippen molar-refractivity contribution in [2.75, 3.05) is 36.6 Å². The van der Waals surface area contributed by atoms with Gasteiger partial charge in [-0.3, -0.25) is 0 Å². The monoisotopic (exact) mass is 211 g/mol. The van der Waals surface area contributed by atoms with E-state index in [1.807, 2.05) is 18.2 Å². The van der Waals surface area contributed by atoms with Crippen molar-refractivity contribution >= 4 is 23.0 Å². The molecule has 0 atom stereocenters. The SMILES string of the molecule is CN1CN(CCN)c2cc(Cl)ccc21. The summed E-state index contributed by atoms with van der Waals surface area (Å²) in [7, 11) is 2.07. The minimum absolute atomic E-state index is 0.666. The number of rotatable bonds is 2. The molecule has 76 valence electrons. The molecule has 1 aliphatic heterocycles. The summed E-state index contributed by atoms with van der Waals surface area (Å²) in [5.74, 6) is 0. The largest absolute Gasteiger partial charge is 0.355 e. The Morgan fingerprint density at radius 2 is 2.21 bits per heavy atom. The Balaban J connectivity index is 2.35. The van der Waals surface area contributed by atoms with Gasteiger partial charge in [-0.15, -0.1) is 0 Å². The number of hydrogen-bond donors (Lipinski definition) is 1. The highest BCUT2D eigenvalue weighted by atomic mass is 35.5. The molecular weight excluding hydrogens is 198 g/mol. The Hall–Kier alpha value is -0.930. The average molecular weight is 212 g/mol. The minimum atomic E-state index is 0.666. The van der Waals surface area contributed by atoms with Gasteiger partial charge in [-0.1, -0.05) is 11.6 Å². The minimum Gasteiger partial charge on any atom is -0.355 e. The number of hydrogen-bond acceptors (Lipinski definition) is 3. The van der Waals surface area contributed by atoms with Crippen LogP contribution >= 0.6 is 11.6 Å². The maximum Gasteiger partial charge on any atom is 0.0901 e. The summed E-state index contributed by atoms with van der Waals surface area (Å²) in [5, 5.41) is 0.779. The highest BCUT2D eigenvalue weighted by Crippen LogP contribution is 2.36. The molecule has 0 bridgehead atoms. The summed E-state index contributed by atoms with van der Waals surface area (Å²) in [6.07, 6.45) is 0. The van der Waals surface area contributed by atoms with Crippen molar-refractivity contribution in [1.29, 1.82) is 0 Å². The second kappa shape index (κ2) is 3.67. The second-order valence-electron chi connectivity index (χ2n) is 3.52. The highest BCUT2D eigenvalue weighted by molar-refractivity contribution is 6.31. The molecule has 0 amide bonds. The van der Waals surface area contributed by atoms with E-state index < -0.39 is 0 Å². The number of anilines is 2. The molecule has 4 heteroatoms. The lowest BCUT2D eigenvalue weighted by Crippen LogP contribution is -2.32. The Bertz CT molecular complexity index is 340. The number of benzene rings is 1. The van der Waals surface area contributed by atoms with E-state index in [4.69, 9.17) is 17.3 Å². The standard InChI is InChI=1S/C10H14ClN3/c1-13-7-14(5-4-12)10-6-8(11)2-3-9(10)13/h2-3,6H,4-5,7,12H2,1H3. The molecule has 1 aromatic rings. The molecule has 3 nitrogen and oxygen atoms in total. The van der Waals surface area contributed by atoms with E-state index in [1.165, 1.54) is 11.4 Å². The van der Waals surface area contributed by atoms with Crippen LogP contribution in [0.3, 0.4) is 0 Å². The van der Waals surface area contributed by atoms with Crippen LogP contribution in [0.5, 0.6) is 0 Å². The van der Waals surface area contributed by atoms with Gasteiger partial charge in [-0.25, -0.2) is 0 Å². The van der Waals surface area contributed by atoms with Crippen molar-refractivity contribution in [3.63, 3.8) is 0 Å². The van der Waals surface area contributed by atoms with Crippen LogP contribution in [-0.4, -0.2) is 26.8 Å². The van der Waals surface area contributed by atoms with Crippen molar-refractivity contribution in [3.8, 4) is 0 Å². The van der Waals surface area contributed by atoms with Crippen LogP contribution in [0, 0.1) is 0 Å². The molecule has 2 rings (SSSR count). The maximum absolute atomic E-state index is 5.96. The molecule has 1 aromatic carbocycles. The molecule has 0 saturated heterocycles. The van der Waals surface area contributed by atoms with Crippen LogP contribution in [-0.2, 0) is 0 Å². The summed E-state index contributed by atoms with van der Waals surface area (Å²) in [6, 6.07) is 5.97. The summed E-state index contributed by atoms with van der Waals surface area (Å²) in [6.45, 7) is 2.43. The molecule has 1 heterocycles. The summed E-state index contributed by atoms with van der Waals surface area (Å²) >= 11 is 5.96. The van der Waals surface area contributed by atoms with Crippen molar-refractivity contribution in [1.82, 2.24) is 0 Å². The smallest absolute Gasteiger partial charge is 0.0901 e. The fourth-order valence-electron chi connectivity index (χ4n) is 1.83. The van der Waals surface area contributed by atoms with Gasteiger partial charge in [-0.05, 0) is 18.2 Å². The lowest BCUT2D eigenvalue weighted by atomic mass is 10.2. The predicted molar refractivity (Wildman–Crippen MR) is 61.1 cm³/mol. The van der Waals surface area contributed by atoms with Crippen LogP contribution < -0.4 is 15.5 Å². The van der Waals surface area contributed by atoms with Gasteiger partial charge in [-0.2, -0.15) is 0 Å². The van der Waals surface area contributed by atoms with Crippen LogP contribution in [0.2, 0.25) is 5.02 Å². The van der Waals surface area contributed by atoms with Gasteiger partial charge in [0.25, 0.3) is 0 Å². The average Bonchev–Trinajstić information content (AvgIpc) is 2.44. The van der Waals surface area contributed by atoms with Crippen LogP contribution in [0.1, 0.15) is 0 Å². The first-order chi connectivity index (χ1) is 6.72. The van der Waals surface area contributed by atoms with E-state index in [-0.39, 0.29) is 0 Å². The lowest BCUT2D eigenvalue weighted by molar-refractivity contribution is 0.805. The molecule has 14 heavy (non-hydrogen) atoms. The van der Waals surface area contributed by atoms with Crippen molar-refractivity contribution in [2.45, 2.75) is 0 Å². The predicted octanol–water partition coefficient (Wildman–Crippen LogP) is 1.51. The summed E-state index contributed by atoms with van der Waals surface area (Å²) < 4.78 is 0. The molecule has 2 N–H and O–H groups in total. The zero-order valence-electron chi connectivity index (χ0n) is 8.20. The Labute approximate surface area is 89.0 Å². The molecule has 1 aliphatic rings. The normalized spacial score (nSPS) is 14.8. The van der Waals surface area contributed by atoms with Gasteiger partial charge < -0.3 is 15.5 Å². The van der Waals surface area contributed by atoms with Gasteiger partial charge in [0.1, 0.15) is 0 Å². The fourth-order valence-corrected chi connectivity index (χ4v) is 1.99. The topological polar surface area (TPSA) is 32.5 Å². The first kappa shape index (κ1) is 9.62. The molecule has 0 aromatic heterocycles. The van der Waals surface area contributed by atoms with E-state index in [9.17, 15) is 0 Å². The zero-order chi connectivity index (χ0) is 10.1. The molecule has 0 unspecified atom stereocenters. The number of nitrogens with zero attached hydrogens (tertiary/aromatic N) is 2. The van der Waals surface area contributed by atoms with Crippen molar-refractivity contribution < 1.29 is 0 Å². The molecule has 0 saturated carbocycles. The number of fused-ring (bicyclic) bond motifs is 1. The van der Waals surface area contributed by atoms with Gasteiger partial charge in [0.15, 0.2) is 0 Å². The van der Waals surface area contributed by atoms with Gasteiger partial charge in [0.2, 0.25) is 0 Å². The Morgan fingerprint density at radius 3 is 2.93 bits per heavy atom. The third-order valence-corrected chi connectivity index (χ3v) is 2.71. The highest BCUT2D eigenvalue weighted by Gasteiger charge is 2.22. The van der Waals surface area contributed by atoms with E-state index in [1.54, 1.807) is 0 Å². The molecular formula is C10H14ClN3. The Morgan fingerprint density at radius 1 is 1.43 bits per heavy atom. The fraction of sp³-hybridized carbons (Fsp3) is 0.400. The van der Waals surface area contributed by atoms with Gasteiger partial charge >= 0.3 is 0 Å². The third kappa shape index (κ3) is 1.53. The molecule has 0 aliphatic carbocycles. The second-order valence-corrected chi connectivity index (χ2v) is 3.96.